The Hall–Kier alpha value is -1.07. The molecule has 1 saturated heterocycles. The first-order valence-corrected chi connectivity index (χ1v) is 7.02. The molecular weight excluding hydrogens is 292 g/mol. The first-order valence-electron chi connectivity index (χ1n) is 6.23. The molecule has 2 aromatic heterocycles. The molecule has 4 nitrogen and oxygen atoms in total. The number of nitrogens with zero attached hydrogens (tertiary/aromatic N) is 3. The fourth-order valence-electron chi connectivity index (χ4n) is 2.62. The molecule has 0 aromatic carbocycles. The third-order valence-electron chi connectivity index (χ3n) is 3.53. The van der Waals surface area contributed by atoms with Crippen molar-refractivity contribution in [3.05, 3.63) is 28.8 Å². The molecule has 2 aromatic rings. The van der Waals surface area contributed by atoms with Crippen LogP contribution in [-0.4, -0.2) is 36.6 Å². The summed E-state index contributed by atoms with van der Waals surface area (Å²) in [5.74, 6) is 1.67. The van der Waals surface area contributed by atoms with Crippen LogP contribution in [0.1, 0.15) is 18.2 Å². The lowest BCUT2D eigenvalue weighted by atomic mass is 10.1. The van der Waals surface area contributed by atoms with Gasteiger partial charge in [0.25, 0.3) is 0 Å². The van der Waals surface area contributed by atoms with Gasteiger partial charge in [0.1, 0.15) is 15.9 Å². The van der Waals surface area contributed by atoms with Crippen LogP contribution in [0.5, 0.6) is 0 Å². The quantitative estimate of drug-likeness (QED) is 0.923. The van der Waals surface area contributed by atoms with Crippen molar-refractivity contribution in [2.45, 2.75) is 12.3 Å². The Kier molecular flexibility index (Phi) is 3.03. The molecule has 18 heavy (non-hydrogen) atoms. The van der Waals surface area contributed by atoms with Gasteiger partial charge in [-0.15, -0.1) is 0 Å². The number of nitrogens with one attached hydrogen (secondary N) is 1. The topological polar surface area (TPSA) is 32.6 Å². The van der Waals surface area contributed by atoms with Crippen molar-refractivity contribution in [3.8, 4) is 0 Å². The zero-order valence-corrected chi connectivity index (χ0v) is 12.2. The highest BCUT2D eigenvalue weighted by molar-refractivity contribution is 9.10. The van der Waals surface area contributed by atoms with E-state index >= 15 is 0 Å². The van der Waals surface area contributed by atoms with Gasteiger partial charge in [0.15, 0.2) is 0 Å². The maximum Gasteiger partial charge on any atom is 0.134 e. The molecule has 0 bridgehead atoms. The Labute approximate surface area is 115 Å². The monoisotopic (exact) mass is 308 g/mol. The minimum atomic E-state index is 0.515. The van der Waals surface area contributed by atoms with Crippen molar-refractivity contribution < 1.29 is 0 Å². The van der Waals surface area contributed by atoms with Gasteiger partial charge in [-0.25, -0.2) is 4.98 Å². The summed E-state index contributed by atoms with van der Waals surface area (Å²) in [6, 6.07) is 4.21. The Morgan fingerprint density at radius 2 is 2.33 bits per heavy atom. The van der Waals surface area contributed by atoms with Gasteiger partial charge >= 0.3 is 0 Å². The lowest BCUT2D eigenvalue weighted by molar-refractivity contribution is 0.698. The second-order valence-electron chi connectivity index (χ2n) is 4.96. The van der Waals surface area contributed by atoms with E-state index in [0.29, 0.717) is 5.92 Å². The second-order valence-corrected chi connectivity index (χ2v) is 5.71. The van der Waals surface area contributed by atoms with Gasteiger partial charge < -0.3 is 14.6 Å². The number of halogens is 1. The van der Waals surface area contributed by atoms with Crippen molar-refractivity contribution in [1.29, 1.82) is 0 Å². The number of hydrogen-bond donors (Lipinski definition) is 1. The Morgan fingerprint density at radius 1 is 1.50 bits per heavy atom. The van der Waals surface area contributed by atoms with Crippen LogP contribution in [-0.2, 0) is 0 Å². The van der Waals surface area contributed by atoms with Crippen molar-refractivity contribution in [2.24, 2.45) is 0 Å². The Bertz CT molecular complexity index is 570. The molecule has 0 radical (unpaired) electrons. The molecular formula is C13H17BrN4. The zero-order valence-electron chi connectivity index (χ0n) is 10.7. The largest absolute Gasteiger partial charge is 0.376 e. The molecule has 1 aliphatic rings. The van der Waals surface area contributed by atoms with Gasteiger partial charge in [0.05, 0.1) is 5.69 Å². The molecule has 0 saturated carbocycles. The van der Waals surface area contributed by atoms with Gasteiger partial charge in [-0.1, -0.05) is 0 Å². The van der Waals surface area contributed by atoms with Crippen molar-refractivity contribution in [1.82, 2.24) is 14.7 Å². The highest BCUT2D eigenvalue weighted by Crippen LogP contribution is 2.32. The number of rotatable bonds is 2. The van der Waals surface area contributed by atoms with E-state index in [0.717, 1.165) is 35.5 Å². The van der Waals surface area contributed by atoms with Crippen LogP contribution in [0, 0.1) is 0 Å². The minimum Gasteiger partial charge on any atom is -0.376 e. The number of fused-ring (bicyclic) bond motifs is 1. The third kappa shape index (κ3) is 1.82. The first kappa shape index (κ1) is 12.0. The van der Waals surface area contributed by atoms with Crippen LogP contribution in [0.4, 0.5) is 5.69 Å². The lowest BCUT2D eigenvalue weighted by Gasteiger charge is -2.15. The predicted molar refractivity (Wildman–Crippen MR) is 77.4 cm³/mol. The summed E-state index contributed by atoms with van der Waals surface area (Å²) in [7, 11) is 4.12. The normalized spacial score (nSPS) is 19.6. The number of anilines is 1. The molecule has 1 aliphatic heterocycles. The number of hydrogen-bond acceptors (Lipinski definition) is 3. The van der Waals surface area contributed by atoms with Gasteiger partial charge in [-0.3, -0.25) is 0 Å². The summed E-state index contributed by atoms with van der Waals surface area (Å²) in [6.45, 7) is 2.11. The van der Waals surface area contributed by atoms with Crippen LogP contribution in [0.2, 0.25) is 0 Å². The zero-order chi connectivity index (χ0) is 12.7. The number of aromatic nitrogens is 2. The van der Waals surface area contributed by atoms with E-state index in [-0.39, 0.29) is 0 Å². The molecule has 96 valence electrons. The molecule has 0 aliphatic carbocycles. The van der Waals surface area contributed by atoms with Crippen LogP contribution >= 0.6 is 15.9 Å². The lowest BCUT2D eigenvalue weighted by Crippen LogP contribution is -2.12. The Balaban J connectivity index is 2.20. The van der Waals surface area contributed by atoms with E-state index in [1.165, 1.54) is 5.69 Å². The van der Waals surface area contributed by atoms with Gasteiger partial charge in [-0.05, 0) is 41.0 Å². The first-order chi connectivity index (χ1) is 8.68. The summed E-state index contributed by atoms with van der Waals surface area (Å²) in [5, 5.41) is 3.40. The number of imidazole rings is 1. The molecule has 3 heterocycles. The van der Waals surface area contributed by atoms with Crippen LogP contribution in [0.15, 0.2) is 22.9 Å². The van der Waals surface area contributed by atoms with E-state index in [9.17, 15) is 0 Å². The maximum atomic E-state index is 4.73. The van der Waals surface area contributed by atoms with Gasteiger partial charge in [0, 0.05) is 32.8 Å². The molecule has 1 fully saturated rings. The number of pyridine rings is 1. The average molecular weight is 309 g/mol. The van der Waals surface area contributed by atoms with Gasteiger partial charge in [0.2, 0.25) is 0 Å². The van der Waals surface area contributed by atoms with E-state index in [1.54, 1.807) is 0 Å². The van der Waals surface area contributed by atoms with E-state index in [1.807, 2.05) is 0 Å². The van der Waals surface area contributed by atoms with Crippen LogP contribution in [0.25, 0.3) is 5.52 Å². The van der Waals surface area contributed by atoms with E-state index < -0.39 is 0 Å². The van der Waals surface area contributed by atoms with E-state index in [4.69, 9.17) is 4.98 Å². The highest BCUT2D eigenvalue weighted by Gasteiger charge is 2.23. The summed E-state index contributed by atoms with van der Waals surface area (Å²) >= 11 is 3.60. The SMILES string of the molecule is CN(C)c1cccn2c(C3CCNC3)nc(Br)c12. The third-order valence-corrected chi connectivity index (χ3v) is 4.09. The van der Waals surface area contributed by atoms with Crippen molar-refractivity contribution in [2.75, 3.05) is 32.1 Å². The van der Waals surface area contributed by atoms with Crippen molar-refractivity contribution >= 4 is 27.1 Å². The second kappa shape index (κ2) is 4.55. The molecule has 1 atom stereocenters. The molecule has 0 amide bonds. The fraction of sp³-hybridized carbons (Fsp3) is 0.462. The summed E-state index contributed by atoms with van der Waals surface area (Å²) in [4.78, 5) is 6.85. The van der Waals surface area contributed by atoms with Gasteiger partial charge in [-0.2, -0.15) is 0 Å². The standard InChI is InChI=1S/C13H17BrN4/c1-17(2)10-4-3-7-18-11(10)12(14)16-13(18)9-5-6-15-8-9/h3-4,7,9,15H,5-6,8H2,1-2H3. The molecule has 1 unspecified atom stereocenters. The minimum absolute atomic E-state index is 0.515. The summed E-state index contributed by atoms with van der Waals surface area (Å²) < 4.78 is 3.16. The maximum absolute atomic E-state index is 4.73. The molecule has 0 spiro atoms. The average Bonchev–Trinajstić information content (AvgIpc) is 2.97. The molecule has 1 N–H and O–H groups in total. The smallest absolute Gasteiger partial charge is 0.134 e. The fourth-order valence-corrected chi connectivity index (χ4v) is 3.20. The summed E-state index contributed by atoms with van der Waals surface area (Å²) in [6.07, 6.45) is 3.27. The van der Waals surface area contributed by atoms with Crippen LogP contribution < -0.4 is 10.2 Å². The predicted octanol–water partition coefficient (Wildman–Crippen LogP) is 2.24. The highest BCUT2D eigenvalue weighted by atomic mass is 79.9. The Morgan fingerprint density at radius 3 is 3.00 bits per heavy atom. The molecule has 3 rings (SSSR count). The molecule has 5 heteroatoms. The van der Waals surface area contributed by atoms with E-state index in [2.05, 4.69) is 63.0 Å². The van der Waals surface area contributed by atoms with Crippen LogP contribution in [0.3, 0.4) is 0 Å². The summed E-state index contributed by atoms with van der Waals surface area (Å²) in [5.41, 5.74) is 2.35. The van der Waals surface area contributed by atoms with Crippen molar-refractivity contribution in [3.63, 3.8) is 0 Å².